The van der Waals surface area contributed by atoms with Crippen molar-refractivity contribution in [3.63, 3.8) is 0 Å². The average Bonchev–Trinajstić information content (AvgIpc) is 2.90. The van der Waals surface area contributed by atoms with E-state index in [4.69, 9.17) is 0 Å². The lowest BCUT2D eigenvalue weighted by Crippen LogP contribution is -2.37. The van der Waals surface area contributed by atoms with Gasteiger partial charge in [0.05, 0.1) is 6.20 Å². The highest BCUT2D eigenvalue weighted by Gasteiger charge is 2.21. The van der Waals surface area contributed by atoms with Gasteiger partial charge in [0.2, 0.25) is 0 Å². The van der Waals surface area contributed by atoms with Crippen molar-refractivity contribution < 1.29 is 8.42 Å². The van der Waals surface area contributed by atoms with Crippen molar-refractivity contribution in [2.75, 3.05) is 13.1 Å². The molecule has 0 bridgehead atoms. The van der Waals surface area contributed by atoms with Gasteiger partial charge in [-0.1, -0.05) is 6.42 Å². The molecule has 2 heterocycles. The molecule has 0 aromatic carbocycles. The number of nitrogens with zero attached hydrogens (tertiary/aromatic N) is 2. The molecule has 0 aliphatic carbocycles. The number of piperidine rings is 1. The molecule has 6 nitrogen and oxygen atoms in total. The van der Waals surface area contributed by atoms with E-state index in [1.165, 1.54) is 23.7 Å². The molecule has 7 heteroatoms. The Bertz CT molecular complexity index is 518. The lowest BCUT2D eigenvalue weighted by atomic mass is 10.0. The van der Waals surface area contributed by atoms with Crippen molar-refractivity contribution >= 4 is 10.0 Å². The lowest BCUT2D eigenvalue weighted by molar-refractivity contribution is 0.382. The van der Waals surface area contributed by atoms with Gasteiger partial charge in [0.1, 0.15) is 0 Å². The SMILES string of the molecule is CC(C)n1nccc1S(=O)(=O)NCC[C@H]1CCCCN1. The van der Waals surface area contributed by atoms with Crippen LogP contribution in [0.5, 0.6) is 0 Å². The van der Waals surface area contributed by atoms with Gasteiger partial charge >= 0.3 is 0 Å². The summed E-state index contributed by atoms with van der Waals surface area (Å²) in [6.07, 6.45) is 5.93. The molecular weight excluding hydrogens is 276 g/mol. The minimum Gasteiger partial charge on any atom is -0.314 e. The molecule has 1 fully saturated rings. The summed E-state index contributed by atoms with van der Waals surface area (Å²) in [5.74, 6) is 0. The molecule has 1 aliphatic heterocycles. The van der Waals surface area contributed by atoms with E-state index in [1.54, 1.807) is 6.07 Å². The van der Waals surface area contributed by atoms with E-state index in [0.717, 1.165) is 19.4 Å². The maximum absolute atomic E-state index is 12.3. The van der Waals surface area contributed by atoms with Crippen LogP contribution in [0.25, 0.3) is 0 Å². The topological polar surface area (TPSA) is 76.0 Å². The fourth-order valence-electron chi connectivity index (χ4n) is 2.51. The maximum atomic E-state index is 12.3. The summed E-state index contributed by atoms with van der Waals surface area (Å²) in [4.78, 5) is 0. The summed E-state index contributed by atoms with van der Waals surface area (Å²) in [5.41, 5.74) is 0. The predicted octanol–water partition coefficient (Wildman–Crippen LogP) is 1.27. The first-order chi connectivity index (χ1) is 9.50. The molecule has 0 spiro atoms. The minimum atomic E-state index is -3.47. The predicted molar refractivity (Wildman–Crippen MR) is 78.1 cm³/mol. The normalized spacial score (nSPS) is 20.4. The Morgan fingerprint density at radius 3 is 2.95 bits per heavy atom. The Morgan fingerprint density at radius 1 is 1.50 bits per heavy atom. The summed E-state index contributed by atoms with van der Waals surface area (Å²) >= 11 is 0. The van der Waals surface area contributed by atoms with Gasteiger partial charge in [-0.25, -0.2) is 13.1 Å². The van der Waals surface area contributed by atoms with Crippen molar-refractivity contribution in [1.29, 1.82) is 0 Å². The van der Waals surface area contributed by atoms with Crippen LogP contribution in [0.2, 0.25) is 0 Å². The average molecular weight is 300 g/mol. The zero-order valence-electron chi connectivity index (χ0n) is 12.2. The first kappa shape index (κ1) is 15.5. The van der Waals surface area contributed by atoms with Gasteiger partial charge in [-0.05, 0) is 45.7 Å². The molecule has 1 aromatic heterocycles. The Labute approximate surface area is 121 Å². The molecule has 0 unspecified atom stereocenters. The van der Waals surface area contributed by atoms with E-state index >= 15 is 0 Å². The second-order valence-electron chi connectivity index (χ2n) is 5.54. The zero-order chi connectivity index (χ0) is 14.6. The molecule has 0 amide bonds. The van der Waals surface area contributed by atoms with E-state index in [2.05, 4.69) is 15.1 Å². The third kappa shape index (κ3) is 3.80. The van der Waals surface area contributed by atoms with Crippen molar-refractivity contribution in [2.45, 2.75) is 56.6 Å². The fraction of sp³-hybridized carbons (Fsp3) is 0.769. The lowest BCUT2D eigenvalue weighted by Gasteiger charge is -2.23. The zero-order valence-corrected chi connectivity index (χ0v) is 13.0. The van der Waals surface area contributed by atoms with E-state index < -0.39 is 10.0 Å². The van der Waals surface area contributed by atoms with Crippen molar-refractivity contribution in [2.24, 2.45) is 0 Å². The van der Waals surface area contributed by atoms with Crippen molar-refractivity contribution in [1.82, 2.24) is 19.8 Å². The van der Waals surface area contributed by atoms with Crippen LogP contribution in [0.1, 0.15) is 45.6 Å². The second-order valence-corrected chi connectivity index (χ2v) is 7.25. The standard InChI is InChI=1S/C13H24N4O2S/c1-11(2)17-13(7-9-15-17)20(18,19)16-10-6-12-5-3-4-8-14-12/h7,9,11-12,14,16H,3-6,8,10H2,1-2H3/t12-/m1/s1. The highest BCUT2D eigenvalue weighted by molar-refractivity contribution is 7.89. The first-order valence-corrected chi connectivity index (χ1v) is 8.75. The number of rotatable bonds is 6. The van der Waals surface area contributed by atoms with E-state index in [-0.39, 0.29) is 11.1 Å². The van der Waals surface area contributed by atoms with Crippen LogP contribution >= 0.6 is 0 Å². The van der Waals surface area contributed by atoms with Crippen LogP contribution in [-0.4, -0.2) is 37.3 Å². The van der Waals surface area contributed by atoms with Gasteiger partial charge in [-0.3, -0.25) is 4.68 Å². The molecule has 1 aromatic rings. The van der Waals surface area contributed by atoms with Gasteiger partial charge in [0.15, 0.2) is 5.03 Å². The molecule has 0 radical (unpaired) electrons. The molecule has 2 N–H and O–H groups in total. The maximum Gasteiger partial charge on any atom is 0.257 e. The highest BCUT2D eigenvalue weighted by atomic mass is 32.2. The van der Waals surface area contributed by atoms with Crippen molar-refractivity contribution in [3.8, 4) is 0 Å². The summed E-state index contributed by atoms with van der Waals surface area (Å²) in [7, 11) is -3.47. The monoisotopic (exact) mass is 300 g/mol. The highest BCUT2D eigenvalue weighted by Crippen LogP contribution is 2.14. The number of sulfonamides is 1. The van der Waals surface area contributed by atoms with E-state index in [9.17, 15) is 8.42 Å². The molecule has 0 saturated carbocycles. The summed E-state index contributed by atoms with van der Waals surface area (Å²) in [6, 6.07) is 2.00. The molecule has 114 valence electrons. The number of nitrogens with one attached hydrogen (secondary N) is 2. The van der Waals surface area contributed by atoms with E-state index in [1.807, 2.05) is 13.8 Å². The third-order valence-electron chi connectivity index (χ3n) is 3.60. The molecular formula is C13H24N4O2S. The smallest absolute Gasteiger partial charge is 0.257 e. The molecule has 1 atom stereocenters. The van der Waals surface area contributed by atoms with Crippen LogP contribution in [0, 0.1) is 0 Å². The third-order valence-corrected chi connectivity index (χ3v) is 5.05. The summed E-state index contributed by atoms with van der Waals surface area (Å²) in [5, 5.41) is 7.72. The van der Waals surface area contributed by atoms with Gasteiger partial charge in [0, 0.05) is 18.6 Å². The minimum absolute atomic E-state index is 0.0246. The van der Waals surface area contributed by atoms with Gasteiger partial charge < -0.3 is 5.32 Å². The van der Waals surface area contributed by atoms with Crippen LogP contribution in [0.3, 0.4) is 0 Å². The summed E-state index contributed by atoms with van der Waals surface area (Å²) in [6.45, 7) is 5.33. The molecule has 20 heavy (non-hydrogen) atoms. The Hall–Kier alpha value is -0.920. The van der Waals surface area contributed by atoms with Gasteiger partial charge in [0.25, 0.3) is 10.0 Å². The van der Waals surface area contributed by atoms with Gasteiger partial charge in [-0.2, -0.15) is 5.10 Å². The van der Waals surface area contributed by atoms with Crippen molar-refractivity contribution in [3.05, 3.63) is 12.3 Å². The quantitative estimate of drug-likeness (QED) is 0.829. The Balaban J connectivity index is 1.92. The van der Waals surface area contributed by atoms with E-state index in [0.29, 0.717) is 12.6 Å². The fourth-order valence-corrected chi connectivity index (χ4v) is 3.79. The number of hydrogen-bond donors (Lipinski definition) is 2. The largest absolute Gasteiger partial charge is 0.314 e. The number of hydrogen-bond acceptors (Lipinski definition) is 4. The van der Waals surface area contributed by atoms with Gasteiger partial charge in [-0.15, -0.1) is 0 Å². The molecule has 1 saturated heterocycles. The van der Waals surface area contributed by atoms with Crippen LogP contribution in [-0.2, 0) is 10.0 Å². The Morgan fingerprint density at radius 2 is 2.30 bits per heavy atom. The molecule has 1 aliphatic rings. The molecule has 2 rings (SSSR count). The second kappa shape index (κ2) is 6.69. The summed E-state index contributed by atoms with van der Waals surface area (Å²) < 4.78 is 28.7. The Kier molecular flexibility index (Phi) is 5.17. The van der Waals surface area contributed by atoms with Crippen LogP contribution in [0.15, 0.2) is 17.3 Å². The number of aromatic nitrogens is 2. The van der Waals surface area contributed by atoms with Crippen LogP contribution < -0.4 is 10.0 Å². The van der Waals surface area contributed by atoms with Crippen LogP contribution in [0.4, 0.5) is 0 Å². The first-order valence-electron chi connectivity index (χ1n) is 7.27.